The summed E-state index contributed by atoms with van der Waals surface area (Å²) in [4.78, 5) is 20.8. The van der Waals surface area contributed by atoms with E-state index in [9.17, 15) is 0 Å². The second-order valence-corrected chi connectivity index (χ2v) is 6.93. The van der Waals surface area contributed by atoms with Crippen molar-refractivity contribution in [3.63, 3.8) is 0 Å². The van der Waals surface area contributed by atoms with Crippen LogP contribution in [0.2, 0.25) is 0 Å². The molecule has 2 aliphatic heterocycles. The topological polar surface area (TPSA) is 72.7 Å². The zero-order valence-corrected chi connectivity index (χ0v) is 15.9. The first-order valence-electron chi connectivity index (χ1n) is 9.45. The highest BCUT2D eigenvalue weighted by Gasteiger charge is 2.21. The molecular weight excluding hydrogens is 342 g/mol. The van der Waals surface area contributed by atoms with E-state index in [-0.39, 0.29) is 0 Å². The second-order valence-electron chi connectivity index (χ2n) is 6.93. The lowest BCUT2D eigenvalue weighted by Gasteiger charge is -2.28. The van der Waals surface area contributed by atoms with Crippen molar-refractivity contribution in [3.8, 4) is 11.8 Å². The van der Waals surface area contributed by atoms with Crippen LogP contribution in [0.25, 0.3) is 0 Å². The van der Waals surface area contributed by atoms with Crippen LogP contribution in [0.4, 0.5) is 0 Å². The van der Waals surface area contributed by atoms with Crippen LogP contribution in [0.15, 0.2) is 23.3 Å². The third-order valence-corrected chi connectivity index (χ3v) is 5.11. The quantitative estimate of drug-likeness (QED) is 0.808. The van der Waals surface area contributed by atoms with E-state index in [1.807, 2.05) is 18.3 Å². The van der Waals surface area contributed by atoms with Crippen molar-refractivity contribution in [1.29, 1.82) is 0 Å². The van der Waals surface area contributed by atoms with Crippen LogP contribution < -0.4 is 9.47 Å². The van der Waals surface area contributed by atoms with Gasteiger partial charge < -0.3 is 9.47 Å². The molecule has 0 N–H and O–H groups in total. The Hall–Kier alpha value is -2.54. The monoisotopic (exact) mass is 367 g/mol. The van der Waals surface area contributed by atoms with Gasteiger partial charge in [-0.05, 0) is 25.3 Å². The number of fused-ring (bicyclic) bond motifs is 1. The minimum absolute atomic E-state index is 0.561. The number of aromatic nitrogens is 3. The molecule has 7 heteroatoms. The summed E-state index contributed by atoms with van der Waals surface area (Å²) in [6, 6.07) is 3.89. The number of ether oxygens (including phenoxy) is 2. The predicted molar refractivity (Wildman–Crippen MR) is 102 cm³/mol. The molecule has 142 valence electrons. The average Bonchev–Trinajstić information content (AvgIpc) is 2.74. The largest absolute Gasteiger partial charge is 0.481 e. The van der Waals surface area contributed by atoms with Crippen LogP contribution in [0.1, 0.15) is 41.9 Å². The zero-order chi connectivity index (χ0) is 18.6. The Kier molecular flexibility index (Phi) is 5.29. The van der Waals surface area contributed by atoms with Gasteiger partial charge in [-0.3, -0.25) is 9.89 Å². The maximum atomic E-state index is 5.43. The molecule has 4 heterocycles. The molecule has 4 rings (SSSR count). The van der Waals surface area contributed by atoms with E-state index in [0.29, 0.717) is 11.8 Å². The molecule has 7 nitrogen and oxygen atoms in total. The summed E-state index contributed by atoms with van der Waals surface area (Å²) in [5.74, 6) is 2.00. The third kappa shape index (κ3) is 3.93. The normalized spacial score (nSPS) is 17.2. The first-order valence-corrected chi connectivity index (χ1v) is 9.45. The predicted octanol–water partition coefficient (Wildman–Crippen LogP) is 2.42. The van der Waals surface area contributed by atoms with Gasteiger partial charge in [0.25, 0.3) is 0 Å². The van der Waals surface area contributed by atoms with Crippen LogP contribution in [0.5, 0.6) is 11.8 Å². The average molecular weight is 367 g/mol. The Morgan fingerprint density at radius 2 is 2.00 bits per heavy atom. The molecule has 0 spiro atoms. The highest BCUT2D eigenvalue weighted by atomic mass is 16.5. The molecule has 0 aliphatic carbocycles. The van der Waals surface area contributed by atoms with Crippen molar-refractivity contribution >= 4 is 5.71 Å². The highest BCUT2D eigenvalue weighted by molar-refractivity contribution is 5.97. The van der Waals surface area contributed by atoms with Crippen LogP contribution in [0.3, 0.4) is 0 Å². The fraction of sp³-hybridized carbons (Fsp3) is 0.500. The lowest BCUT2D eigenvalue weighted by molar-refractivity contribution is 0.237. The number of methoxy groups -OCH3 is 2. The van der Waals surface area contributed by atoms with Crippen molar-refractivity contribution in [1.82, 2.24) is 19.9 Å². The van der Waals surface area contributed by atoms with Crippen LogP contribution in [0, 0.1) is 0 Å². The second kappa shape index (κ2) is 8.00. The summed E-state index contributed by atoms with van der Waals surface area (Å²) in [5, 5.41) is 0. The van der Waals surface area contributed by atoms with Crippen LogP contribution in [-0.2, 0) is 19.5 Å². The first-order chi connectivity index (χ1) is 13.3. The van der Waals surface area contributed by atoms with Gasteiger partial charge in [0.15, 0.2) is 5.82 Å². The minimum Gasteiger partial charge on any atom is -0.481 e. The zero-order valence-electron chi connectivity index (χ0n) is 15.9. The molecule has 0 unspecified atom stereocenters. The van der Waals surface area contributed by atoms with E-state index < -0.39 is 0 Å². The van der Waals surface area contributed by atoms with Crippen LogP contribution in [-0.4, -0.2) is 52.9 Å². The van der Waals surface area contributed by atoms with Crippen molar-refractivity contribution < 1.29 is 9.47 Å². The lowest BCUT2D eigenvalue weighted by Crippen LogP contribution is -2.31. The van der Waals surface area contributed by atoms with E-state index in [1.165, 1.54) is 18.4 Å². The number of hydrogen-bond donors (Lipinski definition) is 0. The highest BCUT2D eigenvalue weighted by Crippen LogP contribution is 2.24. The maximum absolute atomic E-state index is 5.43. The first kappa shape index (κ1) is 17.9. The molecule has 0 aromatic carbocycles. The van der Waals surface area contributed by atoms with Gasteiger partial charge in [0.05, 0.1) is 25.6 Å². The van der Waals surface area contributed by atoms with E-state index in [0.717, 1.165) is 61.8 Å². The standard InChI is InChI=1S/C20H25N5O2/c1-26-18-7-6-14(20(24-18)27-2)12-25-10-8-16-15(13-25)11-22-19(23-16)17-5-3-4-9-21-17/h6-7,11H,3-5,8-10,12-13H2,1-2H3. The molecule has 2 aromatic heterocycles. The van der Waals surface area contributed by atoms with Gasteiger partial charge in [0.2, 0.25) is 11.8 Å². The summed E-state index contributed by atoms with van der Waals surface area (Å²) >= 11 is 0. The van der Waals surface area contributed by atoms with Crippen molar-refractivity contribution in [2.75, 3.05) is 27.3 Å². The molecule has 0 saturated carbocycles. The fourth-order valence-electron chi connectivity index (χ4n) is 3.63. The van der Waals surface area contributed by atoms with E-state index in [2.05, 4.69) is 19.9 Å². The summed E-state index contributed by atoms with van der Waals surface area (Å²) < 4.78 is 10.6. The Morgan fingerprint density at radius 3 is 2.78 bits per heavy atom. The molecular formula is C20H25N5O2. The van der Waals surface area contributed by atoms with Gasteiger partial charge in [0.1, 0.15) is 0 Å². The van der Waals surface area contributed by atoms with Crippen LogP contribution >= 0.6 is 0 Å². The Morgan fingerprint density at radius 1 is 1.07 bits per heavy atom. The summed E-state index contributed by atoms with van der Waals surface area (Å²) in [6.07, 6.45) is 6.25. The summed E-state index contributed by atoms with van der Waals surface area (Å²) in [6.45, 7) is 3.46. The molecule has 0 bridgehead atoms. The van der Waals surface area contributed by atoms with Gasteiger partial charge >= 0.3 is 0 Å². The maximum Gasteiger partial charge on any atom is 0.220 e. The van der Waals surface area contributed by atoms with Crippen molar-refractivity contribution in [3.05, 3.63) is 41.0 Å². The van der Waals surface area contributed by atoms with Gasteiger partial charge in [-0.15, -0.1) is 0 Å². The summed E-state index contributed by atoms with van der Waals surface area (Å²) in [7, 11) is 3.25. The molecule has 0 fully saturated rings. The number of rotatable bonds is 5. The molecule has 0 radical (unpaired) electrons. The van der Waals surface area contributed by atoms with Gasteiger partial charge in [-0.25, -0.2) is 9.97 Å². The Labute approximate surface area is 159 Å². The fourth-order valence-corrected chi connectivity index (χ4v) is 3.63. The molecule has 0 atom stereocenters. The number of nitrogens with zero attached hydrogens (tertiary/aromatic N) is 5. The van der Waals surface area contributed by atoms with Gasteiger partial charge in [-0.2, -0.15) is 4.98 Å². The smallest absolute Gasteiger partial charge is 0.220 e. The van der Waals surface area contributed by atoms with E-state index in [4.69, 9.17) is 14.5 Å². The molecule has 2 aliphatic rings. The van der Waals surface area contributed by atoms with Gasteiger partial charge in [0, 0.05) is 56.0 Å². The summed E-state index contributed by atoms with van der Waals surface area (Å²) in [5.41, 5.74) is 4.47. The Balaban J connectivity index is 1.48. The van der Waals surface area contributed by atoms with Gasteiger partial charge in [-0.1, -0.05) is 0 Å². The van der Waals surface area contributed by atoms with Crippen molar-refractivity contribution in [2.45, 2.75) is 38.8 Å². The van der Waals surface area contributed by atoms with E-state index in [1.54, 1.807) is 14.2 Å². The Bertz CT molecular complexity index is 852. The lowest BCUT2D eigenvalue weighted by atomic mass is 10.0. The van der Waals surface area contributed by atoms with Crippen molar-refractivity contribution in [2.24, 2.45) is 4.99 Å². The number of pyridine rings is 1. The third-order valence-electron chi connectivity index (χ3n) is 5.11. The minimum atomic E-state index is 0.561. The molecule has 0 amide bonds. The SMILES string of the molecule is COc1ccc(CN2CCc3nc(C4=NCCCC4)ncc3C2)c(OC)n1. The number of hydrogen-bond acceptors (Lipinski definition) is 7. The molecule has 2 aromatic rings. The van der Waals surface area contributed by atoms with E-state index >= 15 is 0 Å². The molecule has 27 heavy (non-hydrogen) atoms. The number of aliphatic imine (C=N–C) groups is 1. The molecule has 0 saturated heterocycles.